The number of thiophene rings is 2. The number of hydrogen-bond donors (Lipinski definition) is 0. The molecule has 4 nitrogen and oxygen atoms in total. The second-order valence-corrected chi connectivity index (χ2v) is 8.23. The normalized spacial score (nSPS) is 13.4. The molecule has 0 saturated heterocycles. The lowest BCUT2D eigenvalue weighted by Gasteiger charge is -2.22. The third-order valence-corrected chi connectivity index (χ3v) is 7.25. The van der Waals surface area contributed by atoms with Gasteiger partial charge in [-0.1, -0.05) is 6.07 Å². The largest absolute Gasteiger partial charge is 0.252 e. The van der Waals surface area contributed by atoms with Gasteiger partial charge in [-0.3, -0.25) is 0 Å². The van der Waals surface area contributed by atoms with E-state index in [4.69, 9.17) is 5.26 Å². The highest BCUT2D eigenvalue weighted by molar-refractivity contribution is 7.91. The zero-order chi connectivity index (χ0) is 14.0. The van der Waals surface area contributed by atoms with Crippen molar-refractivity contribution < 1.29 is 8.42 Å². The molecule has 0 aliphatic heterocycles. The van der Waals surface area contributed by atoms with Crippen molar-refractivity contribution in [2.24, 2.45) is 0 Å². The molecular formula is C12H12N2O2S3. The molecule has 0 aliphatic rings. The lowest BCUT2D eigenvalue weighted by molar-refractivity contribution is 0.404. The predicted octanol–water partition coefficient (Wildman–Crippen LogP) is 3.06. The molecule has 0 aliphatic carbocycles. The van der Waals surface area contributed by atoms with Gasteiger partial charge in [-0.05, 0) is 30.5 Å². The zero-order valence-electron chi connectivity index (χ0n) is 10.4. The van der Waals surface area contributed by atoms with Crippen LogP contribution in [0.2, 0.25) is 0 Å². The molecule has 1 atom stereocenters. The first-order valence-electron chi connectivity index (χ1n) is 5.48. The number of rotatable bonds is 4. The van der Waals surface area contributed by atoms with Gasteiger partial charge in [0.25, 0.3) is 10.0 Å². The SMILES string of the molecule is CC(c1cccs1)N(C)S(=O)(=O)c1ccc(C#N)s1. The summed E-state index contributed by atoms with van der Waals surface area (Å²) in [5.74, 6) is 0. The van der Waals surface area contributed by atoms with Crippen LogP contribution in [-0.4, -0.2) is 19.8 Å². The monoisotopic (exact) mass is 312 g/mol. The number of nitrogens with zero attached hydrogens (tertiary/aromatic N) is 2. The highest BCUT2D eigenvalue weighted by Crippen LogP contribution is 2.31. The fourth-order valence-electron chi connectivity index (χ4n) is 1.58. The van der Waals surface area contributed by atoms with Crippen LogP contribution < -0.4 is 0 Å². The molecule has 0 aromatic carbocycles. The average Bonchev–Trinajstić information content (AvgIpc) is 3.07. The van der Waals surface area contributed by atoms with Gasteiger partial charge in [0.1, 0.15) is 15.2 Å². The van der Waals surface area contributed by atoms with Crippen molar-refractivity contribution in [3.05, 3.63) is 39.4 Å². The molecule has 2 rings (SSSR count). The van der Waals surface area contributed by atoms with E-state index >= 15 is 0 Å². The number of hydrogen-bond acceptors (Lipinski definition) is 5. The van der Waals surface area contributed by atoms with Gasteiger partial charge in [-0.2, -0.15) is 9.57 Å². The Labute approximate surface area is 120 Å². The van der Waals surface area contributed by atoms with Crippen LogP contribution in [0.1, 0.15) is 22.7 Å². The maximum atomic E-state index is 12.4. The third kappa shape index (κ3) is 2.72. The molecule has 2 aromatic rings. The second kappa shape index (κ2) is 5.43. The maximum absolute atomic E-state index is 12.4. The van der Waals surface area contributed by atoms with Crippen LogP contribution in [0.25, 0.3) is 0 Å². The molecule has 7 heteroatoms. The quantitative estimate of drug-likeness (QED) is 0.871. The first kappa shape index (κ1) is 14.2. The minimum atomic E-state index is -3.55. The van der Waals surface area contributed by atoms with Crippen molar-refractivity contribution in [2.75, 3.05) is 7.05 Å². The minimum absolute atomic E-state index is 0.204. The maximum Gasteiger partial charge on any atom is 0.252 e. The lowest BCUT2D eigenvalue weighted by atomic mass is 10.3. The summed E-state index contributed by atoms with van der Waals surface area (Å²) < 4.78 is 26.4. The Morgan fingerprint density at radius 2 is 2.11 bits per heavy atom. The molecule has 0 amide bonds. The Kier molecular flexibility index (Phi) is 4.06. The van der Waals surface area contributed by atoms with Crippen molar-refractivity contribution in [1.29, 1.82) is 5.26 Å². The van der Waals surface area contributed by atoms with Crippen molar-refractivity contribution in [2.45, 2.75) is 17.2 Å². The fourth-order valence-corrected chi connectivity index (χ4v) is 5.10. The lowest BCUT2D eigenvalue weighted by Crippen LogP contribution is -2.28. The van der Waals surface area contributed by atoms with Crippen LogP contribution in [0.4, 0.5) is 0 Å². The van der Waals surface area contributed by atoms with Crippen LogP contribution in [-0.2, 0) is 10.0 Å². The van der Waals surface area contributed by atoms with Crippen molar-refractivity contribution in [1.82, 2.24) is 4.31 Å². The van der Waals surface area contributed by atoms with E-state index in [9.17, 15) is 8.42 Å². The third-order valence-electron chi connectivity index (χ3n) is 2.83. The van der Waals surface area contributed by atoms with E-state index in [1.165, 1.54) is 27.8 Å². The summed E-state index contributed by atoms with van der Waals surface area (Å²) in [5, 5.41) is 10.7. The smallest absolute Gasteiger partial charge is 0.206 e. The highest BCUT2D eigenvalue weighted by atomic mass is 32.2. The van der Waals surface area contributed by atoms with E-state index in [1.807, 2.05) is 30.5 Å². The van der Waals surface area contributed by atoms with Gasteiger partial charge in [0.15, 0.2) is 0 Å². The van der Waals surface area contributed by atoms with E-state index in [0.29, 0.717) is 4.88 Å². The van der Waals surface area contributed by atoms with Gasteiger partial charge in [0.05, 0.1) is 6.04 Å². The Morgan fingerprint density at radius 3 is 2.63 bits per heavy atom. The zero-order valence-corrected chi connectivity index (χ0v) is 12.8. The van der Waals surface area contributed by atoms with Gasteiger partial charge in [-0.15, -0.1) is 22.7 Å². The number of sulfonamides is 1. The van der Waals surface area contributed by atoms with E-state index in [1.54, 1.807) is 7.05 Å². The Morgan fingerprint density at radius 1 is 1.37 bits per heavy atom. The van der Waals surface area contributed by atoms with Gasteiger partial charge < -0.3 is 0 Å². The van der Waals surface area contributed by atoms with E-state index in [2.05, 4.69) is 0 Å². The Hall–Kier alpha value is -1.20. The number of nitriles is 1. The molecule has 0 spiro atoms. The molecule has 0 bridgehead atoms. The first-order valence-corrected chi connectivity index (χ1v) is 8.62. The highest BCUT2D eigenvalue weighted by Gasteiger charge is 2.28. The summed E-state index contributed by atoms with van der Waals surface area (Å²) in [7, 11) is -1.99. The van der Waals surface area contributed by atoms with Crippen LogP contribution in [0, 0.1) is 11.3 Å². The molecule has 0 saturated carbocycles. The topological polar surface area (TPSA) is 61.2 Å². The molecule has 2 heterocycles. The van der Waals surface area contributed by atoms with E-state index in [0.717, 1.165) is 16.2 Å². The van der Waals surface area contributed by atoms with Crippen molar-refractivity contribution in [3.8, 4) is 6.07 Å². The first-order chi connectivity index (χ1) is 8.96. The Bertz CT molecular complexity index is 696. The van der Waals surface area contributed by atoms with E-state index < -0.39 is 10.0 Å². The molecular weight excluding hydrogens is 300 g/mol. The molecule has 0 radical (unpaired) electrons. The standard InChI is InChI=1S/C12H12N2O2S3/c1-9(11-4-3-7-17-11)14(2)19(15,16)12-6-5-10(8-13)18-12/h3-7,9H,1-2H3. The molecule has 2 aromatic heterocycles. The van der Waals surface area contributed by atoms with Crippen molar-refractivity contribution >= 4 is 32.7 Å². The second-order valence-electron chi connectivity index (χ2n) is 3.94. The van der Waals surface area contributed by atoms with E-state index in [-0.39, 0.29) is 10.3 Å². The summed E-state index contributed by atoms with van der Waals surface area (Å²) >= 11 is 2.52. The summed E-state index contributed by atoms with van der Waals surface area (Å²) in [6.07, 6.45) is 0. The average molecular weight is 312 g/mol. The summed E-state index contributed by atoms with van der Waals surface area (Å²) in [4.78, 5) is 1.39. The molecule has 19 heavy (non-hydrogen) atoms. The van der Waals surface area contributed by atoms with Crippen LogP contribution in [0.3, 0.4) is 0 Å². The summed E-state index contributed by atoms with van der Waals surface area (Å²) in [6, 6.07) is 8.55. The van der Waals surface area contributed by atoms with Crippen LogP contribution >= 0.6 is 22.7 Å². The molecule has 100 valence electrons. The fraction of sp³-hybridized carbons (Fsp3) is 0.250. The predicted molar refractivity (Wildman–Crippen MR) is 76.7 cm³/mol. The minimum Gasteiger partial charge on any atom is -0.206 e. The van der Waals surface area contributed by atoms with Crippen LogP contribution in [0.5, 0.6) is 0 Å². The van der Waals surface area contributed by atoms with Crippen LogP contribution in [0.15, 0.2) is 33.9 Å². The summed E-state index contributed by atoms with van der Waals surface area (Å²) in [5.41, 5.74) is 0. The molecule has 0 fully saturated rings. The Balaban J connectivity index is 2.32. The van der Waals surface area contributed by atoms with Crippen molar-refractivity contribution in [3.63, 3.8) is 0 Å². The molecule has 0 N–H and O–H groups in total. The summed E-state index contributed by atoms with van der Waals surface area (Å²) in [6.45, 7) is 1.85. The van der Waals surface area contributed by atoms with Gasteiger partial charge >= 0.3 is 0 Å². The van der Waals surface area contributed by atoms with Gasteiger partial charge in [0, 0.05) is 11.9 Å². The van der Waals surface area contributed by atoms with Gasteiger partial charge in [0.2, 0.25) is 0 Å². The van der Waals surface area contributed by atoms with Gasteiger partial charge in [-0.25, -0.2) is 8.42 Å². The molecule has 1 unspecified atom stereocenters.